The fraction of sp³-hybridized carbons (Fsp3) is 0.533. The Balaban J connectivity index is 1.79. The molecule has 3 rings (SSSR count). The number of nitrogens with one attached hydrogen (secondary N) is 1. The van der Waals surface area contributed by atoms with Gasteiger partial charge in [-0.2, -0.15) is 0 Å². The molecule has 2 fully saturated rings. The van der Waals surface area contributed by atoms with Gasteiger partial charge in [0.2, 0.25) is 0 Å². The van der Waals surface area contributed by atoms with Crippen LogP contribution in [0.1, 0.15) is 18.5 Å². The lowest BCUT2D eigenvalue weighted by Crippen LogP contribution is -2.55. The van der Waals surface area contributed by atoms with Crippen LogP contribution in [0.2, 0.25) is 0 Å². The van der Waals surface area contributed by atoms with Crippen LogP contribution in [0.5, 0.6) is 0 Å². The molecule has 0 bridgehead atoms. The number of amides is 2. The predicted octanol–water partition coefficient (Wildman–Crippen LogP) is 0.923. The number of hydrogen-bond acceptors (Lipinski definition) is 3. The lowest BCUT2D eigenvalue weighted by molar-refractivity contribution is 0.0795. The van der Waals surface area contributed by atoms with Gasteiger partial charge < -0.3 is 16.0 Å². The van der Waals surface area contributed by atoms with Gasteiger partial charge in [0, 0.05) is 38.3 Å². The minimum atomic E-state index is -0.238. The van der Waals surface area contributed by atoms with Gasteiger partial charge in [-0.05, 0) is 24.6 Å². The van der Waals surface area contributed by atoms with Crippen LogP contribution in [0.25, 0.3) is 0 Å². The number of nitrogens with two attached hydrogens (primary N) is 1. The second-order valence-corrected chi connectivity index (χ2v) is 5.88. The smallest absolute Gasteiger partial charge is 0.317 e. The molecule has 1 aromatic rings. The molecule has 6 heteroatoms. The van der Waals surface area contributed by atoms with E-state index in [-0.39, 0.29) is 30.0 Å². The molecule has 0 aromatic heterocycles. The zero-order chi connectivity index (χ0) is 15.0. The average molecular weight is 292 g/mol. The molecule has 2 saturated heterocycles. The van der Waals surface area contributed by atoms with Crippen molar-refractivity contribution in [3.63, 3.8) is 0 Å². The van der Waals surface area contributed by atoms with Gasteiger partial charge in [-0.1, -0.05) is 12.1 Å². The van der Waals surface area contributed by atoms with Crippen molar-refractivity contribution in [2.24, 2.45) is 5.73 Å². The molecule has 0 spiro atoms. The maximum absolute atomic E-state index is 13.1. The van der Waals surface area contributed by atoms with E-state index in [1.165, 1.54) is 12.1 Å². The fourth-order valence-corrected chi connectivity index (χ4v) is 3.39. The summed E-state index contributed by atoms with van der Waals surface area (Å²) in [6.45, 7) is 4.94. The highest BCUT2D eigenvalue weighted by Crippen LogP contribution is 2.27. The van der Waals surface area contributed by atoms with Crippen molar-refractivity contribution in [2.75, 3.05) is 26.2 Å². The molecule has 0 aliphatic carbocycles. The maximum atomic E-state index is 13.1. The number of hydrogen-bond donors (Lipinski definition) is 2. The number of halogens is 1. The van der Waals surface area contributed by atoms with E-state index in [1.54, 1.807) is 12.1 Å². The summed E-state index contributed by atoms with van der Waals surface area (Å²) in [4.78, 5) is 15.8. The molecule has 2 aliphatic rings. The SMILES string of the molecule is CC(N)C(c1ccc(F)cc1)N1CCN2C(=O)NCC2C1. The van der Waals surface area contributed by atoms with Crippen LogP contribution in [-0.2, 0) is 0 Å². The van der Waals surface area contributed by atoms with E-state index in [0.29, 0.717) is 13.1 Å². The number of piperazine rings is 1. The Morgan fingerprint density at radius 1 is 1.33 bits per heavy atom. The number of nitrogens with zero attached hydrogens (tertiary/aromatic N) is 2. The summed E-state index contributed by atoms with van der Waals surface area (Å²) in [5, 5.41) is 2.88. The minimum absolute atomic E-state index is 0.0266. The first-order chi connectivity index (χ1) is 10.1. The van der Waals surface area contributed by atoms with E-state index in [9.17, 15) is 9.18 Å². The highest BCUT2D eigenvalue weighted by molar-refractivity contribution is 5.77. The van der Waals surface area contributed by atoms with Crippen LogP contribution < -0.4 is 11.1 Å². The van der Waals surface area contributed by atoms with Crippen molar-refractivity contribution >= 4 is 6.03 Å². The topological polar surface area (TPSA) is 61.6 Å². The first kappa shape index (κ1) is 14.3. The Kier molecular flexibility index (Phi) is 3.82. The summed E-state index contributed by atoms with van der Waals surface area (Å²) in [5.74, 6) is -0.238. The number of carbonyl (C=O) groups excluding carboxylic acids is 1. The number of urea groups is 1. The molecular weight excluding hydrogens is 271 g/mol. The van der Waals surface area contributed by atoms with E-state index in [2.05, 4.69) is 10.2 Å². The average Bonchev–Trinajstić information content (AvgIpc) is 2.82. The highest BCUT2D eigenvalue weighted by Gasteiger charge is 2.38. The quantitative estimate of drug-likeness (QED) is 0.871. The van der Waals surface area contributed by atoms with Gasteiger partial charge in [0.1, 0.15) is 5.82 Å². The van der Waals surface area contributed by atoms with Gasteiger partial charge in [0.15, 0.2) is 0 Å². The minimum Gasteiger partial charge on any atom is -0.336 e. The zero-order valence-electron chi connectivity index (χ0n) is 12.1. The van der Waals surface area contributed by atoms with Gasteiger partial charge in [-0.25, -0.2) is 9.18 Å². The summed E-state index contributed by atoms with van der Waals surface area (Å²) in [6.07, 6.45) is 0. The number of rotatable bonds is 3. The summed E-state index contributed by atoms with van der Waals surface area (Å²) in [7, 11) is 0. The second kappa shape index (κ2) is 5.61. The van der Waals surface area contributed by atoms with Crippen LogP contribution in [0.3, 0.4) is 0 Å². The van der Waals surface area contributed by atoms with E-state index < -0.39 is 0 Å². The Bertz CT molecular complexity index is 519. The molecule has 5 nitrogen and oxygen atoms in total. The predicted molar refractivity (Wildman–Crippen MR) is 78.3 cm³/mol. The van der Waals surface area contributed by atoms with Crippen molar-refractivity contribution in [2.45, 2.75) is 25.0 Å². The third-order valence-electron chi connectivity index (χ3n) is 4.37. The summed E-state index contributed by atoms with van der Waals surface area (Å²) in [5.41, 5.74) is 7.20. The lowest BCUT2D eigenvalue weighted by Gasteiger charge is -2.42. The van der Waals surface area contributed by atoms with Crippen molar-refractivity contribution < 1.29 is 9.18 Å². The van der Waals surface area contributed by atoms with E-state index in [1.807, 2.05) is 11.8 Å². The van der Waals surface area contributed by atoms with Crippen molar-refractivity contribution in [1.29, 1.82) is 0 Å². The maximum Gasteiger partial charge on any atom is 0.317 e. The number of benzene rings is 1. The van der Waals surface area contributed by atoms with Crippen LogP contribution in [0.4, 0.5) is 9.18 Å². The third kappa shape index (κ3) is 2.73. The second-order valence-electron chi connectivity index (χ2n) is 5.88. The molecule has 3 N–H and O–H groups in total. The van der Waals surface area contributed by atoms with Crippen molar-refractivity contribution in [3.05, 3.63) is 35.6 Å². The molecule has 2 amide bonds. The number of fused-ring (bicyclic) bond motifs is 1. The van der Waals surface area contributed by atoms with Crippen LogP contribution in [0.15, 0.2) is 24.3 Å². The van der Waals surface area contributed by atoms with E-state index in [4.69, 9.17) is 5.73 Å². The molecule has 0 saturated carbocycles. The Morgan fingerprint density at radius 2 is 2.05 bits per heavy atom. The van der Waals surface area contributed by atoms with E-state index in [0.717, 1.165) is 18.7 Å². The van der Waals surface area contributed by atoms with Gasteiger partial charge >= 0.3 is 6.03 Å². The molecule has 2 aliphatic heterocycles. The van der Waals surface area contributed by atoms with Crippen molar-refractivity contribution in [3.8, 4) is 0 Å². The van der Waals surface area contributed by atoms with E-state index >= 15 is 0 Å². The van der Waals surface area contributed by atoms with Gasteiger partial charge in [0.05, 0.1) is 6.04 Å². The molecular formula is C15H21FN4O. The Morgan fingerprint density at radius 3 is 2.71 bits per heavy atom. The molecule has 21 heavy (non-hydrogen) atoms. The van der Waals surface area contributed by atoms with Crippen LogP contribution >= 0.6 is 0 Å². The van der Waals surface area contributed by atoms with Gasteiger partial charge in [0.25, 0.3) is 0 Å². The Hall–Kier alpha value is -1.66. The standard InChI is InChI=1S/C15H21FN4O/c1-10(17)14(11-2-4-12(16)5-3-11)19-6-7-20-13(9-19)8-18-15(20)21/h2-5,10,13-14H,6-9,17H2,1H3,(H,18,21). The lowest BCUT2D eigenvalue weighted by atomic mass is 9.97. The largest absolute Gasteiger partial charge is 0.336 e. The molecule has 0 radical (unpaired) electrons. The number of carbonyl (C=O) groups is 1. The van der Waals surface area contributed by atoms with Gasteiger partial charge in [-0.3, -0.25) is 4.90 Å². The van der Waals surface area contributed by atoms with Gasteiger partial charge in [-0.15, -0.1) is 0 Å². The van der Waals surface area contributed by atoms with Crippen LogP contribution in [0, 0.1) is 5.82 Å². The zero-order valence-corrected chi connectivity index (χ0v) is 12.1. The fourth-order valence-electron chi connectivity index (χ4n) is 3.39. The highest BCUT2D eigenvalue weighted by atomic mass is 19.1. The molecule has 2 heterocycles. The summed E-state index contributed by atoms with van der Waals surface area (Å²) < 4.78 is 13.1. The first-order valence-corrected chi connectivity index (χ1v) is 7.36. The monoisotopic (exact) mass is 292 g/mol. The molecule has 3 unspecified atom stereocenters. The normalized spacial score (nSPS) is 25.4. The molecule has 3 atom stereocenters. The first-order valence-electron chi connectivity index (χ1n) is 7.36. The molecule has 1 aromatic carbocycles. The summed E-state index contributed by atoms with van der Waals surface area (Å²) in [6, 6.07) is 6.76. The molecule has 114 valence electrons. The summed E-state index contributed by atoms with van der Waals surface area (Å²) >= 11 is 0. The van der Waals surface area contributed by atoms with Crippen molar-refractivity contribution in [1.82, 2.24) is 15.1 Å². The Labute approximate surface area is 123 Å². The van der Waals surface area contributed by atoms with Crippen LogP contribution in [-0.4, -0.2) is 54.1 Å². The third-order valence-corrected chi connectivity index (χ3v) is 4.37.